The number of para-hydroxylation sites is 1. The summed E-state index contributed by atoms with van der Waals surface area (Å²) in [6.07, 6.45) is -5.97. The average Bonchev–Trinajstić information content (AvgIpc) is 2.97. The number of phenols is 1. The number of nitrogens with one attached hydrogen (secondary N) is 1. The number of amides is 1. The maximum Gasteiger partial charge on any atom is 0.431 e. The van der Waals surface area contributed by atoms with E-state index in [1.807, 2.05) is 0 Å². The average molecular weight is 391 g/mol. The molecule has 10 heteroatoms. The van der Waals surface area contributed by atoms with Gasteiger partial charge >= 0.3 is 6.18 Å². The molecule has 0 radical (unpaired) electrons. The van der Waals surface area contributed by atoms with Crippen LogP contribution in [0.4, 0.5) is 13.2 Å². The smallest absolute Gasteiger partial charge is 0.431 e. The highest BCUT2D eigenvalue weighted by atomic mass is 35.5. The van der Waals surface area contributed by atoms with Gasteiger partial charge in [-0.1, -0.05) is 23.7 Å². The second kappa shape index (κ2) is 7.66. The summed E-state index contributed by atoms with van der Waals surface area (Å²) in [5, 5.41) is 12.5. The molecular formula is C15H10ClF3N2O3S. The number of carbonyl (C=O) groups is 2. The van der Waals surface area contributed by atoms with Crippen LogP contribution in [0.15, 0.2) is 41.5 Å². The fourth-order valence-electron chi connectivity index (χ4n) is 1.75. The molecule has 5 nitrogen and oxygen atoms in total. The van der Waals surface area contributed by atoms with Gasteiger partial charge in [-0.2, -0.15) is 18.3 Å². The van der Waals surface area contributed by atoms with Crippen LogP contribution in [0, 0.1) is 0 Å². The minimum absolute atomic E-state index is 0.0500. The van der Waals surface area contributed by atoms with E-state index in [9.17, 15) is 27.9 Å². The maximum atomic E-state index is 13.0. The Morgan fingerprint density at radius 2 is 1.88 bits per heavy atom. The number of hydrogen-bond donors (Lipinski definition) is 2. The predicted octanol–water partition coefficient (Wildman–Crippen LogP) is 4.03. The third-order valence-corrected chi connectivity index (χ3v) is 4.22. The summed E-state index contributed by atoms with van der Waals surface area (Å²) in [6.45, 7) is 0. The molecule has 0 atom stereocenters. The van der Waals surface area contributed by atoms with Gasteiger partial charge in [-0.25, -0.2) is 5.43 Å². The van der Waals surface area contributed by atoms with E-state index in [0.29, 0.717) is 0 Å². The molecule has 2 aromatic rings. The second-order valence-electron chi connectivity index (χ2n) is 4.72. The topological polar surface area (TPSA) is 78.8 Å². The number of alkyl halides is 3. The first-order valence-electron chi connectivity index (χ1n) is 6.69. The number of benzene rings is 1. The molecule has 1 aromatic carbocycles. The number of phenolic OH excluding ortho intramolecular Hbond substituents is 1. The molecule has 1 aromatic heterocycles. The number of Topliss-reactive ketones (excluding diaryl/α,β-unsaturated/α-hetero) is 1. The first kappa shape index (κ1) is 18.9. The van der Waals surface area contributed by atoms with Crippen LogP contribution in [0.5, 0.6) is 5.75 Å². The van der Waals surface area contributed by atoms with Gasteiger partial charge in [-0.15, -0.1) is 11.3 Å². The Hall–Kier alpha value is -2.39. The first-order chi connectivity index (χ1) is 11.7. The number of rotatable bonds is 5. The van der Waals surface area contributed by atoms with E-state index in [2.05, 4.69) is 5.10 Å². The van der Waals surface area contributed by atoms with Gasteiger partial charge in [0.1, 0.15) is 11.5 Å². The number of halogens is 4. The zero-order valence-corrected chi connectivity index (χ0v) is 13.9. The van der Waals surface area contributed by atoms with Crippen LogP contribution < -0.4 is 5.43 Å². The molecule has 132 valence electrons. The minimum atomic E-state index is -4.91. The lowest BCUT2D eigenvalue weighted by Gasteiger charge is -2.10. The highest BCUT2D eigenvalue weighted by molar-refractivity contribution is 7.18. The summed E-state index contributed by atoms with van der Waals surface area (Å²) < 4.78 is 39.3. The van der Waals surface area contributed by atoms with E-state index in [4.69, 9.17) is 11.6 Å². The molecular weight excluding hydrogens is 381 g/mol. The van der Waals surface area contributed by atoms with Gasteiger partial charge in [-0.05, 0) is 24.3 Å². The summed E-state index contributed by atoms with van der Waals surface area (Å²) >= 11 is 6.49. The lowest BCUT2D eigenvalue weighted by atomic mass is 10.1. The number of hydrazone groups is 1. The molecule has 0 aliphatic carbocycles. The van der Waals surface area contributed by atoms with Gasteiger partial charge in [0.05, 0.1) is 21.2 Å². The van der Waals surface area contributed by atoms with Crippen molar-refractivity contribution < 1.29 is 27.9 Å². The number of aromatic hydroxyl groups is 1. The van der Waals surface area contributed by atoms with Gasteiger partial charge < -0.3 is 5.11 Å². The van der Waals surface area contributed by atoms with E-state index < -0.39 is 35.7 Å². The summed E-state index contributed by atoms with van der Waals surface area (Å²) in [5.74, 6) is -2.27. The van der Waals surface area contributed by atoms with Gasteiger partial charge in [0.15, 0.2) is 5.78 Å². The second-order valence-corrected chi connectivity index (χ2v) is 6.43. The summed E-state index contributed by atoms with van der Waals surface area (Å²) in [6, 6.07) is 7.99. The molecule has 1 amide bonds. The summed E-state index contributed by atoms with van der Waals surface area (Å²) in [5.41, 5.74) is -0.0104. The van der Waals surface area contributed by atoms with Crippen LogP contribution in [0.1, 0.15) is 26.5 Å². The van der Waals surface area contributed by atoms with Crippen molar-refractivity contribution in [1.82, 2.24) is 5.43 Å². The van der Waals surface area contributed by atoms with Crippen molar-refractivity contribution in [3.05, 3.63) is 51.2 Å². The Morgan fingerprint density at radius 1 is 1.20 bits per heavy atom. The quantitative estimate of drug-likeness (QED) is 0.459. The fraction of sp³-hybridized carbons (Fsp3) is 0.133. The van der Waals surface area contributed by atoms with E-state index >= 15 is 0 Å². The maximum absolute atomic E-state index is 13.0. The highest BCUT2D eigenvalue weighted by Crippen LogP contribution is 2.25. The largest absolute Gasteiger partial charge is 0.507 e. The first-order valence-corrected chi connectivity index (χ1v) is 7.88. The van der Waals surface area contributed by atoms with Crippen LogP contribution in [-0.2, 0) is 0 Å². The molecule has 0 saturated heterocycles. The zero-order valence-electron chi connectivity index (χ0n) is 12.3. The third-order valence-electron chi connectivity index (χ3n) is 2.94. The lowest BCUT2D eigenvalue weighted by molar-refractivity contribution is -0.0605. The Bertz CT molecular complexity index is 833. The summed E-state index contributed by atoms with van der Waals surface area (Å²) in [4.78, 5) is 23.8. The minimum Gasteiger partial charge on any atom is -0.507 e. The van der Waals surface area contributed by atoms with Crippen molar-refractivity contribution in [3.63, 3.8) is 0 Å². The molecule has 1 heterocycles. The molecule has 0 aliphatic rings. The molecule has 25 heavy (non-hydrogen) atoms. The molecule has 0 bridgehead atoms. The Labute approximate surface area is 148 Å². The van der Waals surface area contributed by atoms with Crippen LogP contribution in [0.25, 0.3) is 0 Å². The lowest BCUT2D eigenvalue weighted by Crippen LogP contribution is -2.30. The predicted molar refractivity (Wildman–Crippen MR) is 87.3 cm³/mol. The number of nitrogens with zero attached hydrogens (tertiary/aromatic N) is 1. The zero-order chi connectivity index (χ0) is 18.6. The molecule has 0 saturated carbocycles. The molecule has 0 spiro atoms. The van der Waals surface area contributed by atoms with Crippen molar-refractivity contribution in [3.8, 4) is 5.75 Å². The Morgan fingerprint density at radius 3 is 2.44 bits per heavy atom. The van der Waals surface area contributed by atoms with Gasteiger partial charge in [0, 0.05) is 0 Å². The van der Waals surface area contributed by atoms with Crippen LogP contribution in [0.3, 0.4) is 0 Å². The van der Waals surface area contributed by atoms with Gasteiger partial charge in [0.2, 0.25) is 0 Å². The molecule has 0 unspecified atom stereocenters. The third kappa shape index (κ3) is 5.04. The molecule has 0 aliphatic heterocycles. The number of hydrogen-bond acceptors (Lipinski definition) is 5. The van der Waals surface area contributed by atoms with E-state index in [-0.39, 0.29) is 14.8 Å². The molecule has 0 fully saturated rings. The summed E-state index contributed by atoms with van der Waals surface area (Å²) in [7, 11) is 0. The Kier molecular flexibility index (Phi) is 5.81. The van der Waals surface area contributed by atoms with E-state index in [1.165, 1.54) is 36.4 Å². The number of thiophene rings is 1. The van der Waals surface area contributed by atoms with Crippen molar-refractivity contribution in [2.75, 3.05) is 0 Å². The van der Waals surface area contributed by atoms with Crippen LogP contribution >= 0.6 is 22.9 Å². The van der Waals surface area contributed by atoms with Crippen molar-refractivity contribution in [1.29, 1.82) is 0 Å². The van der Waals surface area contributed by atoms with E-state index in [1.54, 1.807) is 5.43 Å². The van der Waals surface area contributed by atoms with Crippen LogP contribution in [0.2, 0.25) is 4.34 Å². The standard InChI is InChI=1S/C15H10ClF3N2O3S/c16-13-6-5-11(25-13)10(23)7-12(15(17,18)19)20-21-14(24)8-3-1-2-4-9(8)22/h1-6,22H,7H2,(H,21,24)/b20-12-. The SMILES string of the molecule is O=C(C/C(=N/NC(=O)c1ccccc1O)C(F)(F)F)c1ccc(Cl)s1. The molecule has 2 rings (SSSR count). The number of carbonyl (C=O) groups excluding carboxylic acids is 2. The molecule has 2 N–H and O–H groups in total. The Balaban J connectivity index is 2.17. The van der Waals surface area contributed by atoms with Crippen molar-refractivity contribution in [2.24, 2.45) is 5.10 Å². The van der Waals surface area contributed by atoms with Crippen molar-refractivity contribution >= 4 is 40.3 Å². The highest BCUT2D eigenvalue weighted by Gasteiger charge is 2.37. The van der Waals surface area contributed by atoms with Gasteiger partial charge in [0.25, 0.3) is 5.91 Å². The van der Waals surface area contributed by atoms with E-state index in [0.717, 1.165) is 11.3 Å². The normalized spacial score (nSPS) is 12.1. The monoisotopic (exact) mass is 390 g/mol. The van der Waals surface area contributed by atoms with Crippen molar-refractivity contribution in [2.45, 2.75) is 12.6 Å². The van der Waals surface area contributed by atoms with Gasteiger partial charge in [-0.3, -0.25) is 9.59 Å². The van der Waals surface area contributed by atoms with Crippen LogP contribution in [-0.4, -0.2) is 28.7 Å². The number of ketones is 1. The fourth-order valence-corrected chi connectivity index (χ4v) is 2.73.